The first kappa shape index (κ1) is 11.7. The quantitative estimate of drug-likeness (QED) is 0.744. The Kier molecular flexibility index (Phi) is 2.63. The summed E-state index contributed by atoms with van der Waals surface area (Å²) in [5, 5.41) is 0. The van der Waals surface area contributed by atoms with Gasteiger partial charge in [-0.3, -0.25) is 0 Å². The Labute approximate surface area is 123 Å². The smallest absolute Gasteiger partial charge is 0.178 e. The summed E-state index contributed by atoms with van der Waals surface area (Å²) < 4.78 is 12.0. The standard InChI is InChI=1S/C14H10BrN3O2/c15-9-6-10-14(16-7-9)18-13(17-10)8-1-2-11-12(5-8)20-4-3-19-11/h1-2,5-7H,3-4H2,(H,16,17,18). The Hall–Kier alpha value is -2.08. The van der Waals surface area contributed by atoms with Crippen molar-refractivity contribution in [3.63, 3.8) is 0 Å². The van der Waals surface area contributed by atoms with Gasteiger partial charge in [0.15, 0.2) is 17.1 Å². The number of hydrogen-bond acceptors (Lipinski definition) is 4. The predicted molar refractivity (Wildman–Crippen MR) is 78.0 cm³/mol. The molecule has 1 aromatic carbocycles. The van der Waals surface area contributed by atoms with E-state index in [9.17, 15) is 0 Å². The lowest BCUT2D eigenvalue weighted by molar-refractivity contribution is 0.171. The molecule has 0 saturated heterocycles. The van der Waals surface area contributed by atoms with E-state index in [1.807, 2.05) is 24.3 Å². The summed E-state index contributed by atoms with van der Waals surface area (Å²) in [7, 11) is 0. The maximum absolute atomic E-state index is 5.59. The molecule has 3 aromatic rings. The van der Waals surface area contributed by atoms with Crippen LogP contribution in [0, 0.1) is 0 Å². The fourth-order valence-corrected chi connectivity index (χ4v) is 2.53. The molecule has 2 aromatic heterocycles. The molecule has 6 heteroatoms. The van der Waals surface area contributed by atoms with Crippen LogP contribution in [-0.4, -0.2) is 28.2 Å². The summed E-state index contributed by atoms with van der Waals surface area (Å²) in [4.78, 5) is 12.0. The number of aromatic amines is 1. The predicted octanol–water partition coefficient (Wildman–Crippen LogP) is 3.16. The van der Waals surface area contributed by atoms with E-state index in [1.165, 1.54) is 0 Å². The molecule has 0 saturated carbocycles. The SMILES string of the molecule is Brc1cnc2nc(-c3ccc4c(c3)OCCO4)[nH]c2c1. The van der Waals surface area contributed by atoms with E-state index in [4.69, 9.17) is 9.47 Å². The van der Waals surface area contributed by atoms with E-state index < -0.39 is 0 Å². The number of pyridine rings is 1. The summed E-state index contributed by atoms with van der Waals surface area (Å²) in [5.74, 6) is 2.29. The number of H-pyrrole nitrogens is 1. The highest BCUT2D eigenvalue weighted by atomic mass is 79.9. The lowest BCUT2D eigenvalue weighted by Crippen LogP contribution is -2.15. The zero-order chi connectivity index (χ0) is 13.5. The first-order valence-corrected chi connectivity index (χ1v) is 7.00. The summed E-state index contributed by atoms with van der Waals surface area (Å²) >= 11 is 3.40. The maximum Gasteiger partial charge on any atom is 0.178 e. The van der Waals surface area contributed by atoms with Crippen molar-refractivity contribution < 1.29 is 9.47 Å². The van der Waals surface area contributed by atoms with Crippen LogP contribution in [0.2, 0.25) is 0 Å². The Morgan fingerprint density at radius 2 is 1.95 bits per heavy atom. The van der Waals surface area contributed by atoms with Crippen molar-refractivity contribution in [2.45, 2.75) is 0 Å². The minimum atomic E-state index is 0.574. The van der Waals surface area contributed by atoms with Crippen molar-refractivity contribution in [1.29, 1.82) is 0 Å². The fourth-order valence-electron chi connectivity index (χ4n) is 2.20. The second kappa shape index (κ2) is 4.49. The van der Waals surface area contributed by atoms with Crippen molar-refractivity contribution in [2.75, 3.05) is 13.2 Å². The molecule has 0 bridgehead atoms. The number of aromatic nitrogens is 3. The zero-order valence-electron chi connectivity index (χ0n) is 10.4. The number of halogens is 1. The first-order chi connectivity index (χ1) is 9.79. The Morgan fingerprint density at radius 3 is 2.85 bits per heavy atom. The highest BCUT2D eigenvalue weighted by Gasteiger charge is 2.14. The highest BCUT2D eigenvalue weighted by Crippen LogP contribution is 2.34. The van der Waals surface area contributed by atoms with Gasteiger partial charge in [0, 0.05) is 16.2 Å². The lowest BCUT2D eigenvalue weighted by Gasteiger charge is -2.18. The third-order valence-electron chi connectivity index (χ3n) is 3.12. The molecule has 0 radical (unpaired) electrons. The van der Waals surface area contributed by atoms with Crippen LogP contribution in [0.3, 0.4) is 0 Å². The highest BCUT2D eigenvalue weighted by molar-refractivity contribution is 9.10. The van der Waals surface area contributed by atoms with Crippen molar-refractivity contribution >= 4 is 27.1 Å². The van der Waals surface area contributed by atoms with E-state index in [0.29, 0.717) is 18.9 Å². The van der Waals surface area contributed by atoms with Crippen LogP contribution in [-0.2, 0) is 0 Å². The number of rotatable bonds is 1. The summed E-state index contributed by atoms with van der Waals surface area (Å²) in [6, 6.07) is 7.75. The minimum absolute atomic E-state index is 0.574. The molecule has 0 unspecified atom stereocenters. The van der Waals surface area contributed by atoms with Crippen molar-refractivity contribution in [2.24, 2.45) is 0 Å². The molecule has 3 heterocycles. The van der Waals surface area contributed by atoms with Gasteiger partial charge >= 0.3 is 0 Å². The zero-order valence-corrected chi connectivity index (χ0v) is 12.0. The van der Waals surface area contributed by atoms with Crippen LogP contribution < -0.4 is 9.47 Å². The van der Waals surface area contributed by atoms with Gasteiger partial charge in [0.2, 0.25) is 0 Å². The molecule has 0 aliphatic carbocycles. The van der Waals surface area contributed by atoms with Gasteiger partial charge in [-0.1, -0.05) is 0 Å². The molecule has 100 valence electrons. The topological polar surface area (TPSA) is 60.0 Å². The summed E-state index contributed by atoms with van der Waals surface area (Å²) in [5.41, 5.74) is 2.53. The van der Waals surface area contributed by atoms with Crippen LogP contribution >= 0.6 is 15.9 Å². The molecule has 5 nitrogen and oxygen atoms in total. The van der Waals surface area contributed by atoms with Gasteiger partial charge in [0.1, 0.15) is 19.0 Å². The van der Waals surface area contributed by atoms with Crippen molar-refractivity contribution in [3.05, 3.63) is 34.9 Å². The van der Waals surface area contributed by atoms with Gasteiger partial charge in [0.05, 0.1) is 5.52 Å². The van der Waals surface area contributed by atoms with Crippen LogP contribution in [0.15, 0.2) is 34.9 Å². The maximum atomic E-state index is 5.59. The van der Waals surface area contributed by atoms with Crippen LogP contribution in [0.5, 0.6) is 11.5 Å². The number of benzene rings is 1. The van der Waals surface area contributed by atoms with Crippen LogP contribution in [0.1, 0.15) is 0 Å². The van der Waals surface area contributed by atoms with E-state index in [0.717, 1.165) is 32.9 Å². The minimum Gasteiger partial charge on any atom is -0.486 e. The van der Waals surface area contributed by atoms with E-state index in [-0.39, 0.29) is 0 Å². The lowest BCUT2D eigenvalue weighted by atomic mass is 10.2. The molecule has 0 spiro atoms. The normalized spacial score (nSPS) is 13.7. The second-order valence-corrected chi connectivity index (χ2v) is 5.38. The molecule has 1 aliphatic heterocycles. The molecule has 4 rings (SSSR count). The van der Waals surface area contributed by atoms with Gasteiger partial charge in [-0.25, -0.2) is 9.97 Å². The van der Waals surface area contributed by atoms with Crippen LogP contribution in [0.25, 0.3) is 22.6 Å². The second-order valence-electron chi connectivity index (χ2n) is 4.47. The Morgan fingerprint density at radius 1 is 1.10 bits per heavy atom. The van der Waals surface area contributed by atoms with Gasteiger partial charge in [-0.05, 0) is 40.2 Å². The number of fused-ring (bicyclic) bond motifs is 2. The molecular weight excluding hydrogens is 322 g/mol. The molecule has 0 amide bonds. The summed E-state index contributed by atoms with van der Waals surface area (Å²) in [6.07, 6.45) is 1.73. The number of ether oxygens (including phenoxy) is 2. The molecule has 20 heavy (non-hydrogen) atoms. The molecule has 1 aliphatic rings. The monoisotopic (exact) mass is 331 g/mol. The fraction of sp³-hybridized carbons (Fsp3) is 0.143. The number of imidazole rings is 1. The van der Waals surface area contributed by atoms with Gasteiger partial charge < -0.3 is 14.5 Å². The number of hydrogen-bond donors (Lipinski definition) is 1. The van der Waals surface area contributed by atoms with E-state index in [2.05, 4.69) is 30.9 Å². The number of nitrogens with zero attached hydrogens (tertiary/aromatic N) is 2. The Bertz CT molecular complexity index is 800. The van der Waals surface area contributed by atoms with Gasteiger partial charge in [0.25, 0.3) is 0 Å². The first-order valence-electron chi connectivity index (χ1n) is 6.21. The van der Waals surface area contributed by atoms with E-state index in [1.54, 1.807) is 6.20 Å². The van der Waals surface area contributed by atoms with Crippen molar-refractivity contribution in [3.8, 4) is 22.9 Å². The molecule has 1 N–H and O–H groups in total. The van der Waals surface area contributed by atoms with Gasteiger partial charge in [-0.15, -0.1) is 0 Å². The Balaban J connectivity index is 1.82. The van der Waals surface area contributed by atoms with Crippen LogP contribution in [0.4, 0.5) is 0 Å². The molecule has 0 fully saturated rings. The van der Waals surface area contributed by atoms with Crippen molar-refractivity contribution in [1.82, 2.24) is 15.0 Å². The summed E-state index contributed by atoms with van der Waals surface area (Å²) in [6.45, 7) is 1.17. The van der Waals surface area contributed by atoms with Gasteiger partial charge in [-0.2, -0.15) is 0 Å². The number of nitrogens with one attached hydrogen (secondary N) is 1. The molecular formula is C14H10BrN3O2. The van der Waals surface area contributed by atoms with E-state index >= 15 is 0 Å². The largest absolute Gasteiger partial charge is 0.486 e. The third kappa shape index (κ3) is 1.92. The molecule has 0 atom stereocenters. The average Bonchev–Trinajstić information content (AvgIpc) is 2.89. The average molecular weight is 332 g/mol. The third-order valence-corrected chi connectivity index (χ3v) is 3.55.